The van der Waals surface area contributed by atoms with Crippen molar-refractivity contribution in [2.24, 2.45) is 23.5 Å². The Hall–Kier alpha value is -0.410. The molecule has 2 saturated carbocycles. The van der Waals surface area contributed by atoms with E-state index in [-0.39, 0.29) is 6.04 Å². The third-order valence-electron chi connectivity index (χ3n) is 3.97. The van der Waals surface area contributed by atoms with E-state index < -0.39 is 0 Å². The van der Waals surface area contributed by atoms with Crippen LogP contribution in [0, 0.1) is 17.8 Å². The lowest BCUT2D eigenvalue weighted by molar-refractivity contribution is 0.480. The van der Waals surface area contributed by atoms with Crippen molar-refractivity contribution in [1.82, 2.24) is 4.37 Å². The number of aromatic nitrogens is 1. The smallest absolute Gasteiger partial charge is 0.0454 e. The van der Waals surface area contributed by atoms with Crippen LogP contribution in [0.3, 0.4) is 0 Å². The van der Waals surface area contributed by atoms with Gasteiger partial charge in [-0.05, 0) is 47.7 Å². The van der Waals surface area contributed by atoms with Crippen molar-refractivity contribution < 1.29 is 0 Å². The third-order valence-corrected chi connectivity index (χ3v) is 4.58. The van der Waals surface area contributed by atoms with Crippen molar-refractivity contribution in [2.45, 2.75) is 31.7 Å². The molecule has 3 rings (SSSR count). The third kappa shape index (κ3) is 1.30. The first-order chi connectivity index (χ1) is 6.88. The molecule has 14 heavy (non-hydrogen) atoms. The fraction of sp³-hybridized carbons (Fsp3) is 0.727. The highest BCUT2D eigenvalue weighted by atomic mass is 32.1. The molecule has 2 nitrogen and oxygen atoms in total. The van der Waals surface area contributed by atoms with Crippen LogP contribution in [-0.4, -0.2) is 4.37 Å². The molecular weight excluding hydrogens is 192 g/mol. The molecule has 1 aromatic rings. The average molecular weight is 208 g/mol. The average Bonchev–Trinajstić information content (AvgIpc) is 2.70. The molecule has 2 aliphatic rings. The first-order valence-corrected chi connectivity index (χ1v) is 6.36. The Kier molecular flexibility index (Phi) is 2.10. The monoisotopic (exact) mass is 208 g/mol. The Labute approximate surface area is 88.7 Å². The Bertz CT molecular complexity index is 297. The van der Waals surface area contributed by atoms with E-state index in [2.05, 4.69) is 9.75 Å². The van der Waals surface area contributed by atoms with Crippen LogP contribution < -0.4 is 5.73 Å². The second-order valence-corrected chi connectivity index (χ2v) is 5.33. The van der Waals surface area contributed by atoms with E-state index in [0.29, 0.717) is 0 Å². The van der Waals surface area contributed by atoms with Crippen LogP contribution in [0.4, 0.5) is 0 Å². The van der Waals surface area contributed by atoms with Crippen molar-refractivity contribution in [3.8, 4) is 0 Å². The summed E-state index contributed by atoms with van der Waals surface area (Å²) < 4.78 is 4.13. The quantitative estimate of drug-likeness (QED) is 0.811. The number of rotatable bonds is 2. The van der Waals surface area contributed by atoms with Crippen LogP contribution in [0.1, 0.15) is 37.3 Å². The molecule has 0 amide bonds. The van der Waals surface area contributed by atoms with Crippen LogP contribution in [0.15, 0.2) is 11.6 Å². The zero-order valence-electron chi connectivity index (χ0n) is 8.23. The molecule has 3 heteroatoms. The van der Waals surface area contributed by atoms with Crippen molar-refractivity contribution in [3.05, 3.63) is 17.1 Å². The second-order valence-electron chi connectivity index (χ2n) is 4.67. The summed E-state index contributed by atoms with van der Waals surface area (Å²) in [6.07, 6.45) is 7.62. The van der Waals surface area contributed by atoms with Crippen molar-refractivity contribution in [1.29, 1.82) is 0 Å². The fourth-order valence-electron chi connectivity index (χ4n) is 3.18. The normalized spacial score (nSPS) is 37.6. The summed E-state index contributed by atoms with van der Waals surface area (Å²) in [6.45, 7) is 0. The van der Waals surface area contributed by atoms with E-state index in [4.69, 9.17) is 5.73 Å². The Morgan fingerprint density at radius 3 is 2.64 bits per heavy atom. The van der Waals surface area contributed by atoms with E-state index in [1.807, 2.05) is 6.20 Å². The van der Waals surface area contributed by atoms with Gasteiger partial charge in [-0.3, -0.25) is 0 Å². The standard InChI is InChI=1S/C11H16N2S/c12-11(7-5-13-14-6-7)10-8-3-1-2-4-9(8)10/h5-6,8-11H,1-4,12H2. The number of nitrogens with two attached hydrogens (primary N) is 1. The summed E-state index contributed by atoms with van der Waals surface area (Å²) in [5, 5.41) is 2.11. The minimum absolute atomic E-state index is 0.266. The van der Waals surface area contributed by atoms with E-state index in [1.54, 1.807) is 0 Å². The highest BCUT2D eigenvalue weighted by Crippen LogP contribution is 2.59. The van der Waals surface area contributed by atoms with Gasteiger partial charge in [-0.15, -0.1) is 0 Å². The van der Waals surface area contributed by atoms with Gasteiger partial charge >= 0.3 is 0 Å². The first kappa shape index (κ1) is 8.86. The maximum absolute atomic E-state index is 6.27. The summed E-state index contributed by atoms with van der Waals surface area (Å²) in [5.74, 6) is 2.66. The van der Waals surface area contributed by atoms with Gasteiger partial charge in [-0.1, -0.05) is 12.8 Å². The van der Waals surface area contributed by atoms with Crippen molar-refractivity contribution in [2.75, 3.05) is 0 Å². The summed E-state index contributed by atoms with van der Waals surface area (Å²) >= 11 is 1.52. The van der Waals surface area contributed by atoms with Gasteiger partial charge in [0.25, 0.3) is 0 Å². The lowest BCUT2D eigenvalue weighted by Crippen LogP contribution is -2.13. The predicted molar refractivity (Wildman–Crippen MR) is 58.0 cm³/mol. The molecule has 3 atom stereocenters. The molecule has 0 bridgehead atoms. The van der Waals surface area contributed by atoms with Crippen LogP contribution >= 0.6 is 11.5 Å². The highest BCUT2D eigenvalue weighted by Gasteiger charge is 2.53. The van der Waals surface area contributed by atoms with Gasteiger partial charge in [0.1, 0.15) is 0 Å². The summed E-state index contributed by atoms with van der Waals surface area (Å²) in [5.41, 5.74) is 7.53. The molecular formula is C11H16N2S. The maximum Gasteiger partial charge on any atom is 0.0454 e. The minimum atomic E-state index is 0.266. The topological polar surface area (TPSA) is 38.9 Å². The number of hydrogen-bond donors (Lipinski definition) is 1. The molecule has 76 valence electrons. The Morgan fingerprint density at radius 2 is 2.07 bits per heavy atom. The summed E-state index contributed by atoms with van der Waals surface area (Å²) in [6, 6.07) is 0.266. The maximum atomic E-state index is 6.27. The number of nitrogens with zero attached hydrogens (tertiary/aromatic N) is 1. The molecule has 0 saturated heterocycles. The SMILES string of the molecule is NC(c1cnsc1)C1C2CCCCC21. The molecule has 0 aromatic carbocycles. The summed E-state index contributed by atoms with van der Waals surface area (Å²) in [4.78, 5) is 0. The van der Waals surface area contributed by atoms with Crippen LogP contribution in [-0.2, 0) is 0 Å². The Morgan fingerprint density at radius 1 is 1.36 bits per heavy atom. The second kappa shape index (κ2) is 3.31. The van der Waals surface area contributed by atoms with Crippen LogP contribution in [0.2, 0.25) is 0 Å². The van der Waals surface area contributed by atoms with Gasteiger partial charge in [0.15, 0.2) is 0 Å². The first-order valence-electron chi connectivity index (χ1n) is 5.53. The molecule has 0 radical (unpaired) electrons. The van der Waals surface area contributed by atoms with Crippen molar-refractivity contribution >= 4 is 11.5 Å². The molecule has 2 fully saturated rings. The predicted octanol–water partition coefficient (Wildman–Crippen LogP) is 2.58. The van der Waals surface area contributed by atoms with Crippen LogP contribution in [0.25, 0.3) is 0 Å². The van der Waals surface area contributed by atoms with E-state index >= 15 is 0 Å². The lowest BCUT2D eigenvalue weighted by atomic mass is 10.0. The van der Waals surface area contributed by atoms with Crippen LogP contribution in [0.5, 0.6) is 0 Å². The molecule has 0 aliphatic heterocycles. The molecule has 1 aromatic heterocycles. The lowest BCUT2D eigenvalue weighted by Gasteiger charge is -2.07. The van der Waals surface area contributed by atoms with E-state index in [1.165, 1.54) is 42.8 Å². The molecule has 2 N–H and O–H groups in total. The zero-order valence-corrected chi connectivity index (χ0v) is 9.04. The minimum Gasteiger partial charge on any atom is -0.324 e. The molecule has 0 spiro atoms. The van der Waals surface area contributed by atoms with Gasteiger partial charge in [0.05, 0.1) is 0 Å². The van der Waals surface area contributed by atoms with Gasteiger partial charge in [-0.25, -0.2) is 4.37 Å². The molecule has 1 heterocycles. The van der Waals surface area contributed by atoms with E-state index in [9.17, 15) is 0 Å². The zero-order chi connectivity index (χ0) is 9.54. The number of hydrogen-bond acceptors (Lipinski definition) is 3. The Balaban J connectivity index is 1.72. The molecule has 2 aliphatic carbocycles. The largest absolute Gasteiger partial charge is 0.324 e. The summed E-state index contributed by atoms with van der Waals surface area (Å²) in [7, 11) is 0. The fourth-order valence-corrected chi connectivity index (χ4v) is 3.76. The highest BCUT2D eigenvalue weighted by molar-refractivity contribution is 7.03. The van der Waals surface area contributed by atoms with E-state index in [0.717, 1.165) is 17.8 Å². The molecule has 3 unspecified atom stereocenters. The van der Waals surface area contributed by atoms with Gasteiger partial charge in [-0.2, -0.15) is 0 Å². The van der Waals surface area contributed by atoms with Crippen molar-refractivity contribution in [3.63, 3.8) is 0 Å². The van der Waals surface area contributed by atoms with Gasteiger partial charge in [0.2, 0.25) is 0 Å². The number of fused-ring (bicyclic) bond motifs is 1. The van der Waals surface area contributed by atoms with Gasteiger partial charge < -0.3 is 5.73 Å². The van der Waals surface area contributed by atoms with Gasteiger partial charge in [0, 0.05) is 17.6 Å².